The van der Waals surface area contributed by atoms with Crippen molar-refractivity contribution in [2.75, 3.05) is 0 Å². The molecule has 1 aromatic rings. The molecule has 0 radical (unpaired) electrons. The monoisotopic (exact) mass is 694 g/mol. The fourth-order valence-corrected chi connectivity index (χ4v) is 14.0. The van der Waals surface area contributed by atoms with Crippen molar-refractivity contribution in [1.29, 1.82) is 0 Å². The highest BCUT2D eigenvalue weighted by Gasteiger charge is 2.68. The zero-order valence-corrected chi connectivity index (χ0v) is 30.7. The number of fused-ring (bicyclic) bond motifs is 7. The molecule has 9 nitrogen and oxygen atoms in total. The van der Waals surface area contributed by atoms with E-state index in [1.54, 1.807) is 0 Å². The maximum Gasteiger partial charge on any atom is 0.446 e. The van der Waals surface area contributed by atoms with Crippen molar-refractivity contribution in [3.63, 3.8) is 0 Å². The lowest BCUT2D eigenvalue weighted by molar-refractivity contribution is -0.177. The summed E-state index contributed by atoms with van der Waals surface area (Å²) >= 11 is 0. The topological polar surface area (TPSA) is 136 Å². The third-order valence-electron chi connectivity index (χ3n) is 15.7. The summed E-state index contributed by atoms with van der Waals surface area (Å²) in [6.07, 6.45) is 12.8. The predicted molar refractivity (Wildman–Crippen MR) is 178 cm³/mol. The molecule has 1 heterocycles. The highest BCUT2D eigenvalue weighted by atomic mass is 32.3. The molecule has 10 atom stereocenters. The Morgan fingerprint density at radius 1 is 0.745 bits per heavy atom. The van der Waals surface area contributed by atoms with E-state index in [2.05, 4.69) is 48.5 Å². The van der Waals surface area contributed by atoms with Gasteiger partial charge in [0.1, 0.15) is 11.5 Å². The summed E-state index contributed by atoms with van der Waals surface area (Å²) in [5.41, 5.74) is 0.790. The average Bonchev–Trinajstić information content (AvgIpc) is 3.50. The molecule has 47 heavy (non-hydrogen) atoms. The Morgan fingerprint density at radius 2 is 1.38 bits per heavy atom. The van der Waals surface area contributed by atoms with Gasteiger partial charge in [-0.2, -0.15) is 16.8 Å². The normalized spacial score (nSPS) is 45.6. The molecule has 0 amide bonds. The van der Waals surface area contributed by atoms with E-state index in [4.69, 9.17) is 13.1 Å². The minimum absolute atomic E-state index is 0.0154. The Hall–Kier alpha value is -1.40. The minimum atomic E-state index is -4.83. The molecule has 0 spiro atoms. The highest BCUT2D eigenvalue weighted by molar-refractivity contribution is 7.81. The Labute approximate surface area is 281 Å². The van der Waals surface area contributed by atoms with Gasteiger partial charge in [-0.1, -0.05) is 48.0 Å². The third kappa shape index (κ3) is 5.05. The summed E-state index contributed by atoms with van der Waals surface area (Å²) in [6, 6.07) is 2.62. The van der Waals surface area contributed by atoms with Crippen molar-refractivity contribution >= 4 is 20.8 Å². The lowest BCUT2D eigenvalue weighted by Crippen LogP contribution is -2.50. The Balaban J connectivity index is 1.23. The lowest BCUT2D eigenvalue weighted by Gasteiger charge is -2.52. The van der Waals surface area contributed by atoms with Crippen LogP contribution in [0.15, 0.2) is 12.1 Å². The van der Waals surface area contributed by atoms with Crippen molar-refractivity contribution in [2.45, 2.75) is 143 Å². The maximum atomic E-state index is 11.9. The van der Waals surface area contributed by atoms with Gasteiger partial charge in [-0.15, -0.1) is 0 Å². The lowest BCUT2D eigenvalue weighted by atomic mass is 9.52. The van der Waals surface area contributed by atoms with Gasteiger partial charge in [0.2, 0.25) is 0 Å². The molecule has 6 aliphatic rings. The van der Waals surface area contributed by atoms with E-state index < -0.39 is 26.2 Å². The van der Waals surface area contributed by atoms with Crippen molar-refractivity contribution in [3.8, 4) is 11.5 Å². The SMILES string of the molecule is CC1(C)CCC[C@]2(C)OC3CC[C@](C)(C4CC5CC[C@]6(C)c7c(OS(=O)(=O)O)ccc(OS(=O)(=O)O)c7CC6[C@]5(C)C4)[C@]3(C)CCC12. The van der Waals surface area contributed by atoms with Crippen molar-refractivity contribution in [1.82, 2.24) is 0 Å². The molecule has 0 bridgehead atoms. The van der Waals surface area contributed by atoms with Crippen LogP contribution in [0.25, 0.3) is 0 Å². The predicted octanol–water partition coefficient (Wildman–Crippen LogP) is 7.88. The van der Waals surface area contributed by atoms with E-state index in [0.29, 0.717) is 35.3 Å². The zero-order valence-electron chi connectivity index (χ0n) is 29.1. The summed E-state index contributed by atoms with van der Waals surface area (Å²) < 4.78 is 84.2. The van der Waals surface area contributed by atoms with Crippen molar-refractivity contribution < 1.29 is 39.0 Å². The first-order chi connectivity index (χ1) is 21.5. The first-order valence-corrected chi connectivity index (χ1v) is 20.5. The van der Waals surface area contributed by atoms with Crippen LogP contribution in [-0.2, 0) is 37.4 Å². The summed E-state index contributed by atoms with van der Waals surface area (Å²) in [5.74, 6) is 1.52. The molecule has 4 saturated carbocycles. The molecule has 7 rings (SSSR count). The van der Waals surface area contributed by atoms with E-state index in [1.165, 1.54) is 37.8 Å². The number of hydrogen-bond donors (Lipinski definition) is 2. The van der Waals surface area contributed by atoms with Crippen LogP contribution in [-0.4, -0.2) is 37.6 Å². The van der Waals surface area contributed by atoms with Crippen LogP contribution in [0, 0.1) is 45.3 Å². The van der Waals surface area contributed by atoms with Gasteiger partial charge < -0.3 is 13.1 Å². The van der Waals surface area contributed by atoms with E-state index in [0.717, 1.165) is 44.9 Å². The highest BCUT2D eigenvalue weighted by Crippen LogP contribution is 2.74. The second kappa shape index (κ2) is 10.3. The van der Waals surface area contributed by atoms with Gasteiger partial charge >= 0.3 is 20.8 Å². The molecule has 264 valence electrons. The molecule has 0 aromatic heterocycles. The van der Waals surface area contributed by atoms with Crippen molar-refractivity contribution in [3.05, 3.63) is 23.3 Å². The van der Waals surface area contributed by atoms with Gasteiger partial charge in [-0.3, -0.25) is 9.11 Å². The van der Waals surface area contributed by atoms with Crippen LogP contribution in [0.1, 0.15) is 130 Å². The molecule has 2 N–H and O–H groups in total. The van der Waals surface area contributed by atoms with Crippen LogP contribution in [0.4, 0.5) is 0 Å². The zero-order chi connectivity index (χ0) is 34.2. The van der Waals surface area contributed by atoms with Crippen LogP contribution in [0.3, 0.4) is 0 Å². The van der Waals surface area contributed by atoms with E-state index in [-0.39, 0.29) is 50.8 Å². The molecule has 5 fully saturated rings. The Kier molecular flexibility index (Phi) is 7.49. The Bertz CT molecular complexity index is 1690. The summed E-state index contributed by atoms with van der Waals surface area (Å²) in [4.78, 5) is 0. The van der Waals surface area contributed by atoms with E-state index >= 15 is 0 Å². The molecule has 5 unspecified atom stereocenters. The molecule has 1 aromatic carbocycles. The number of hydrogen-bond acceptors (Lipinski definition) is 7. The van der Waals surface area contributed by atoms with Gasteiger partial charge in [0, 0.05) is 16.5 Å². The molecule has 11 heteroatoms. The number of benzene rings is 1. The van der Waals surface area contributed by atoms with Gasteiger partial charge in [0.25, 0.3) is 0 Å². The smallest absolute Gasteiger partial charge is 0.371 e. The van der Waals surface area contributed by atoms with Gasteiger partial charge in [0.15, 0.2) is 0 Å². The van der Waals surface area contributed by atoms with Crippen LogP contribution in [0.5, 0.6) is 11.5 Å². The molecule has 1 saturated heterocycles. The van der Waals surface area contributed by atoms with E-state index in [9.17, 15) is 25.9 Å². The molecule has 5 aliphatic carbocycles. The first kappa shape index (κ1) is 34.1. The summed E-state index contributed by atoms with van der Waals surface area (Å²) in [6.45, 7) is 16.9. The maximum absolute atomic E-state index is 11.9. The standard InChI is InChI=1S/C36H54O9S2/c1-31(2)14-8-15-36(7)27(31)12-17-35(6)29(43-36)13-18-34(35,5)23-19-22-11-16-32(3)28(33(22,4)21-23)20-24-25(44-46(37,38)39)9-10-26(30(24)32)45-47(40,41)42/h9-10,22-23,27-29H,8,11-21H2,1-7H3,(H,37,38,39)(H,40,41,42)/t22?,23?,27?,28?,29?,32-,33+,34+,35+,36-/m0/s1. The molecular weight excluding hydrogens is 641 g/mol. The van der Waals surface area contributed by atoms with Crippen LogP contribution >= 0.6 is 0 Å². The van der Waals surface area contributed by atoms with Crippen LogP contribution in [0.2, 0.25) is 0 Å². The summed E-state index contributed by atoms with van der Waals surface area (Å²) in [7, 11) is -9.65. The average molecular weight is 695 g/mol. The number of rotatable bonds is 5. The molecule has 1 aliphatic heterocycles. The van der Waals surface area contributed by atoms with Gasteiger partial charge in [-0.25, -0.2) is 0 Å². The first-order valence-electron chi connectivity index (χ1n) is 17.7. The van der Waals surface area contributed by atoms with Crippen molar-refractivity contribution in [2.24, 2.45) is 45.3 Å². The fraction of sp³-hybridized carbons (Fsp3) is 0.833. The third-order valence-corrected chi connectivity index (χ3v) is 16.5. The van der Waals surface area contributed by atoms with E-state index in [1.807, 2.05) is 0 Å². The fourth-order valence-electron chi connectivity index (χ4n) is 13.3. The molecular formula is C36H54O9S2. The summed E-state index contributed by atoms with van der Waals surface area (Å²) in [5, 5.41) is 0. The Morgan fingerprint density at radius 3 is 2.06 bits per heavy atom. The second-order valence-electron chi connectivity index (χ2n) is 18.2. The largest absolute Gasteiger partial charge is 0.446 e. The van der Waals surface area contributed by atoms with Gasteiger partial charge in [-0.05, 0) is 135 Å². The quantitative estimate of drug-likeness (QED) is 0.295. The minimum Gasteiger partial charge on any atom is -0.371 e. The van der Waals surface area contributed by atoms with Gasteiger partial charge in [0.05, 0.1) is 11.7 Å². The second-order valence-corrected chi connectivity index (χ2v) is 20.3. The number of ether oxygens (including phenoxy) is 1. The van der Waals surface area contributed by atoms with Crippen LogP contribution < -0.4 is 8.37 Å².